The van der Waals surface area contributed by atoms with Crippen LogP contribution in [0.1, 0.15) is 29.3 Å². The molecule has 0 aromatic heterocycles. The average Bonchev–Trinajstić information content (AvgIpc) is 2.74. The quantitative estimate of drug-likeness (QED) is 0.531. The van der Waals surface area contributed by atoms with E-state index in [1.165, 1.54) is 33.5 Å². The molecule has 1 amide bonds. The minimum Gasteiger partial charge on any atom is -0.336 e. The normalized spacial score (nSPS) is 15.3. The minimum atomic E-state index is -3.62. The molecule has 0 radical (unpaired) electrons. The van der Waals surface area contributed by atoms with Gasteiger partial charge in [0, 0.05) is 43.9 Å². The van der Waals surface area contributed by atoms with Gasteiger partial charge in [-0.2, -0.15) is 4.31 Å². The monoisotopic (exact) mass is 417 g/mol. The maximum Gasteiger partial charge on any atom is 0.270 e. The fourth-order valence-corrected chi connectivity index (χ4v) is 4.75. The number of nitro groups is 1. The topological polar surface area (TPSA) is 101 Å². The molecule has 0 spiro atoms. The molecule has 0 atom stereocenters. The molecule has 0 bridgehead atoms. The van der Waals surface area contributed by atoms with E-state index >= 15 is 0 Å². The number of piperazine rings is 1. The van der Waals surface area contributed by atoms with E-state index in [9.17, 15) is 23.3 Å². The molecule has 1 heterocycles. The van der Waals surface area contributed by atoms with Crippen LogP contribution in [-0.4, -0.2) is 54.6 Å². The van der Waals surface area contributed by atoms with Crippen LogP contribution in [0.25, 0.3) is 0 Å². The third-order valence-corrected chi connectivity index (χ3v) is 6.84. The van der Waals surface area contributed by atoms with Crippen LogP contribution < -0.4 is 0 Å². The Labute approximate surface area is 169 Å². The van der Waals surface area contributed by atoms with Crippen LogP contribution in [0.4, 0.5) is 5.69 Å². The van der Waals surface area contributed by atoms with E-state index in [4.69, 9.17) is 0 Å². The zero-order valence-corrected chi connectivity index (χ0v) is 17.0. The number of carbonyl (C=O) groups is 1. The van der Waals surface area contributed by atoms with Gasteiger partial charge in [0.2, 0.25) is 10.0 Å². The van der Waals surface area contributed by atoms with E-state index in [2.05, 4.69) is 6.92 Å². The number of sulfonamides is 1. The zero-order chi connectivity index (χ0) is 21.0. The number of benzene rings is 2. The number of nitro benzene ring substituents is 1. The number of non-ortho nitro benzene ring substituents is 1. The van der Waals surface area contributed by atoms with E-state index < -0.39 is 14.9 Å². The first-order valence-electron chi connectivity index (χ1n) is 9.45. The highest BCUT2D eigenvalue weighted by molar-refractivity contribution is 7.89. The maximum absolute atomic E-state index is 12.9. The Bertz CT molecular complexity index is 997. The summed E-state index contributed by atoms with van der Waals surface area (Å²) in [5, 5.41) is 10.9. The van der Waals surface area contributed by atoms with E-state index in [-0.39, 0.29) is 48.2 Å². The summed E-state index contributed by atoms with van der Waals surface area (Å²) < 4.78 is 27.1. The van der Waals surface area contributed by atoms with Crippen LogP contribution in [0.15, 0.2) is 53.4 Å². The van der Waals surface area contributed by atoms with Crippen molar-refractivity contribution in [3.05, 3.63) is 69.8 Å². The lowest BCUT2D eigenvalue weighted by molar-refractivity contribution is -0.384. The summed E-state index contributed by atoms with van der Waals surface area (Å²) in [6.45, 7) is 2.89. The minimum absolute atomic E-state index is 0.149. The van der Waals surface area contributed by atoms with Crippen LogP contribution in [0.3, 0.4) is 0 Å². The van der Waals surface area contributed by atoms with Crippen LogP contribution in [0.2, 0.25) is 0 Å². The number of hydrogen-bond donors (Lipinski definition) is 0. The molecule has 0 unspecified atom stereocenters. The van der Waals surface area contributed by atoms with Crippen molar-refractivity contribution < 1.29 is 18.1 Å². The highest BCUT2D eigenvalue weighted by Crippen LogP contribution is 2.20. The van der Waals surface area contributed by atoms with Crippen molar-refractivity contribution in [2.45, 2.75) is 24.7 Å². The van der Waals surface area contributed by atoms with Gasteiger partial charge in [-0.25, -0.2) is 8.42 Å². The standard InChI is InChI=1S/C20H23N3O5S/c1-2-4-16-7-9-19(10-8-16)29(27,28)22-13-11-21(12-14-22)20(24)17-5-3-6-18(15-17)23(25)26/h3,5-10,15H,2,4,11-14H2,1H3. The van der Waals surface area contributed by atoms with Gasteiger partial charge in [0.1, 0.15) is 0 Å². The molecule has 1 saturated heterocycles. The maximum atomic E-state index is 12.9. The fraction of sp³-hybridized carbons (Fsp3) is 0.350. The predicted octanol–water partition coefficient (Wildman–Crippen LogP) is 2.69. The molecule has 0 saturated carbocycles. The third-order valence-electron chi connectivity index (χ3n) is 4.93. The van der Waals surface area contributed by atoms with Crippen LogP contribution >= 0.6 is 0 Å². The summed E-state index contributed by atoms with van der Waals surface area (Å²) in [4.78, 5) is 24.8. The summed E-state index contributed by atoms with van der Waals surface area (Å²) in [7, 11) is -3.62. The summed E-state index contributed by atoms with van der Waals surface area (Å²) in [6, 6.07) is 12.5. The Morgan fingerprint density at radius 1 is 1.07 bits per heavy atom. The van der Waals surface area contributed by atoms with Gasteiger partial charge >= 0.3 is 0 Å². The lowest BCUT2D eigenvalue weighted by Crippen LogP contribution is -2.50. The van der Waals surface area contributed by atoms with E-state index in [1.807, 2.05) is 12.1 Å². The van der Waals surface area contributed by atoms with Crippen molar-refractivity contribution in [2.75, 3.05) is 26.2 Å². The lowest BCUT2D eigenvalue weighted by atomic mass is 10.1. The van der Waals surface area contributed by atoms with Crippen molar-refractivity contribution in [2.24, 2.45) is 0 Å². The van der Waals surface area contributed by atoms with E-state index in [0.29, 0.717) is 0 Å². The molecule has 1 fully saturated rings. The highest BCUT2D eigenvalue weighted by Gasteiger charge is 2.30. The zero-order valence-electron chi connectivity index (χ0n) is 16.2. The molecule has 2 aromatic carbocycles. The van der Waals surface area contributed by atoms with Gasteiger partial charge in [0.25, 0.3) is 11.6 Å². The molecule has 1 aliphatic rings. The molecule has 9 heteroatoms. The van der Waals surface area contributed by atoms with Gasteiger partial charge in [0.05, 0.1) is 9.82 Å². The first kappa shape index (κ1) is 20.9. The molecular formula is C20H23N3O5S. The first-order chi connectivity index (χ1) is 13.8. The Balaban J connectivity index is 1.67. The number of nitrogens with zero attached hydrogens (tertiary/aromatic N) is 3. The largest absolute Gasteiger partial charge is 0.336 e. The lowest BCUT2D eigenvalue weighted by Gasteiger charge is -2.34. The van der Waals surface area contributed by atoms with Gasteiger partial charge in [-0.05, 0) is 30.2 Å². The van der Waals surface area contributed by atoms with Crippen LogP contribution in [0.5, 0.6) is 0 Å². The molecule has 8 nitrogen and oxygen atoms in total. The highest BCUT2D eigenvalue weighted by atomic mass is 32.2. The molecular weight excluding hydrogens is 394 g/mol. The summed E-state index contributed by atoms with van der Waals surface area (Å²) in [6.07, 6.45) is 1.89. The van der Waals surface area contributed by atoms with Gasteiger partial charge in [0.15, 0.2) is 0 Å². The summed E-state index contributed by atoms with van der Waals surface area (Å²) >= 11 is 0. The smallest absolute Gasteiger partial charge is 0.270 e. The molecule has 1 aliphatic heterocycles. The second-order valence-corrected chi connectivity index (χ2v) is 8.84. The molecule has 29 heavy (non-hydrogen) atoms. The van der Waals surface area contributed by atoms with E-state index in [0.717, 1.165) is 18.4 Å². The molecule has 154 valence electrons. The van der Waals surface area contributed by atoms with Crippen molar-refractivity contribution in [1.82, 2.24) is 9.21 Å². The SMILES string of the molecule is CCCc1ccc(S(=O)(=O)N2CCN(C(=O)c3cccc([N+](=O)[O-])c3)CC2)cc1. The molecule has 3 rings (SSSR count). The number of rotatable bonds is 6. The third kappa shape index (κ3) is 4.63. The fourth-order valence-electron chi connectivity index (χ4n) is 3.33. The van der Waals surface area contributed by atoms with Gasteiger partial charge in [-0.3, -0.25) is 14.9 Å². The first-order valence-corrected chi connectivity index (χ1v) is 10.9. The Morgan fingerprint density at radius 2 is 1.72 bits per heavy atom. The Morgan fingerprint density at radius 3 is 2.31 bits per heavy atom. The average molecular weight is 417 g/mol. The number of carbonyl (C=O) groups excluding carboxylic acids is 1. The predicted molar refractivity (Wildman–Crippen MR) is 108 cm³/mol. The van der Waals surface area contributed by atoms with Gasteiger partial charge < -0.3 is 4.90 Å². The Kier molecular flexibility index (Phi) is 6.29. The summed E-state index contributed by atoms with van der Waals surface area (Å²) in [5.74, 6) is -0.338. The number of aryl methyl sites for hydroxylation is 1. The molecule has 0 N–H and O–H groups in total. The van der Waals surface area contributed by atoms with Gasteiger partial charge in [-0.15, -0.1) is 0 Å². The number of amides is 1. The second-order valence-electron chi connectivity index (χ2n) is 6.90. The van der Waals surface area contributed by atoms with Crippen molar-refractivity contribution in [3.8, 4) is 0 Å². The van der Waals surface area contributed by atoms with Crippen LogP contribution in [0, 0.1) is 10.1 Å². The Hall–Kier alpha value is -2.78. The van der Waals surface area contributed by atoms with Crippen LogP contribution in [-0.2, 0) is 16.4 Å². The van der Waals surface area contributed by atoms with Crippen molar-refractivity contribution in [1.29, 1.82) is 0 Å². The van der Waals surface area contributed by atoms with Crippen molar-refractivity contribution in [3.63, 3.8) is 0 Å². The second kappa shape index (κ2) is 8.71. The molecule has 2 aromatic rings. The number of hydrogen-bond acceptors (Lipinski definition) is 5. The van der Waals surface area contributed by atoms with Crippen molar-refractivity contribution >= 4 is 21.6 Å². The molecule has 0 aliphatic carbocycles. The van der Waals surface area contributed by atoms with Gasteiger partial charge in [-0.1, -0.05) is 31.5 Å². The summed E-state index contributed by atoms with van der Waals surface area (Å²) in [5.41, 5.74) is 1.17. The van der Waals surface area contributed by atoms with E-state index in [1.54, 1.807) is 12.1 Å².